The van der Waals surface area contributed by atoms with E-state index in [1.54, 1.807) is 0 Å². The van der Waals surface area contributed by atoms with Crippen molar-refractivity contribution in [3.8, 4) is 11.9 Å². The van der Waals surface area contributed by atoms with E-state index in [2.05, 4.69) is 70.3 Å². The first-order chi connectivity index (χ1) is 22.7. The van der Waals surface area contributed by atoms with Gasteiger partial charge in [0, 0.05) is 61.3 Å². The van der Waals surface area contributed by atoms with Gasteiger partial charge in [0.1, 0.15) is 18.0 Å². The predicted molar refractivity (Wildman–Crippen MR) is 185 cm³/mol. The first-order valence-corrected chi connectivity index (χ1v) is 17.4. The molecule has 47 heavy (non-hydrogen) atoms. The summed E-state index contributed by atoms with van der Waals surface area (Å²) in [6, 6.07) is 18.1. The first kappa shape index (κ1) is 31.6. The van der Waals surface area contributed by atoms with Gasteiger partial charge in [-0.25, -0.2) is 4.79 Å². The lowest BCUT2D eigenvalue weighted by Crippen LogP contribution is -2.57. The van der Waals surface area contributed by atoms with Crippen LogP contribution in [0.1, 0.15) is 69.6 Å². The fraction of sp³-hybridized carbons (Fsp3) is 0.553. The number of carbonyl (C=O) groups excluding carboxylic acids is 1. The molecule has 248 valence electrons. The van der Waals surface area contributed by atoms with Crippen LogP contribution < -0.4 is 14.5 Å². The molecule has 0 spiro atoms. The number of pyridine rings is 1. The maximum atomic E-state index is 13.2. The zero-order chi connectivity index (χ0) is 32.7. The fourth-order valence-corrected chi connectivity index (χ4v) is 8.19. The molecule has 7 rings (SSSR count). The Balaban J connectivity index is 1.20. The summed E-state index contributed by atoms with van der Waals surface area (Å²) in [7, 11) is 2.18. The summed E-state index contributed by atoms with van der Waals surface area (Å²) in [5.74, 6) is 1.71. The number of hydrogen-bond donors (Lipinski definition) is 0. The van der Waals surface area contributed by atoms with Crippen LogP contribution in [-0.4, -0.2) is 84.4 Å². The van der Waals surface area contributed by atoms with Gasteiger partial charge in [-0.05, 0) is 95.5 Å². The van der Waals surface area contributed by atoms with Crippen molar-refractivity contribution in [2.45, 2.75) is 96.0 Å². The molecule has 2 unspecified atom stereocenters. The molecule has 3 fully saturated rings. The van der Waals surface area contributed by atoms with Gasteiger partial charge < -0.3 is 24.2 Å². The number of likely N-dealkylation sites (N-methyl/N-ethyl adjacent to an activating group) is 1. The Morgan fingerprint density at radius 2 is 1.81 bits per heavy atom. The van der Waals surface area contributed by atoms with E-state index in [9.17, 15) is 10.1 Å². The average Bonchev–Trinajstić information content (AvgIpc) is 3.59. The molecule has 1 aromatic heterocycles. The molecule has 3 aromatic rings. The molecule has 4 aliphatic rings. The van der Waals surface area contributed by atoms with E-state index in [0.29, 0.717) is 24.9 Å². The molecule has 0 saturated carbocycles. The van der Waals surface area contributed by atoms with Gasteiger partial charge in [-0.15, -0.1) is 0 Å². The molecular formula is C38H48N6O3. The van der Waals surface area contributed by atoms with E-state index >= 15 is 0 Å². The number of amides is 1. The van der Waals surface area contributed by atoms with E-state index in [1.165, 1.54) is 39.6 Å². The van der Waals surface area contributed by atoms with E-state index in [4.69, 9.17) is 14.5 Å². The van der Waals surface area contributed by atoms with Gasteiger partial charge in [0.15, 0.2) is 0 Å². The minimum atomic E-state index is -0.514. The molecule has 3 atom stereocenters. The number of fused-ring (bicyclic) bond motifs is 4. The van der Waals surface area contributed by atoms with Crippen LogP contribution >= 0.6 is 0 Å². The normalized spacial score (nSPS) is 22.8. The quantitative estimate of drug-likeness (QED) is 0.298. The van der Waals surface area contributed by atoms with Gasteiger partial charge in [-0.3, -0.25) is 4.90 Å². The van der Waals surface area contributed by atoms with Gasteiger partial charge in [0.05, 0.1) is 18.2 Å². The molecule has 1 amide bonds. The van der Waals surface area contributed by atoms with E-state index in [1.807, 2.05) is 25.7 Å². The summed E-state index contributed by atoms with van der Waals surface area (Å²) in [4.78, 5) is 27.7. The number of aryl methyl sites for hydroxylation is 1. The zero-order valence-electron chi connectivity index (χ0n) is 28.4. The highest BCUT2D eigenvalue weighted by Crippen LogP contribution is 2.40. The van der Waals surface area contributed by atoms with Gasteiger partial charge in [0.2, 0.25) is 5.88 Å². The SMILES string of the molecule is CN1CCC[C@H]1COc1cc2c(c(N3CC4CCC(C3)N4C(=O)OC(C)(C)C)n1)CCN(c1cccc3cccc(CCC#N)c13)C2. The van der Waals surface area contributed by atoms with Crippen molar-refractivity contribution in [3.05, 3.63) is 59.2 Å². The third-order valence-electron chi connectivity index (χ3n) is 10.5. The topological polar surface area (TPSA) is 85.2 Å². The average molecular weight is 637 g/mol. The van der Waals surface area contributed by atoms with Crippen LogP contribution in [0.15, 0.2) is 42.5 Å². The molecule has 0 N–H and O–H groups in total. The third-order valence-corrected chi connectivity index (χ3v) is 10.5. The number of aromatic nitrogens is 1. The van der Waals surface area contributed by atoms with Crippen molar-refractivity contribution in [2.24, 2.45) is 0 Å². The lowest BCUT2D eigenvalue weighted by molar-refractivity contribution is 0.0122. The number of ether oxygens (including phenoxy) is 2. The minimum Gasteiger partial charge on any atom is -0.476 e. The van der Waals surface area contributed by atoms with Gasteiger partial charge >= 0.3 is 6.09 Å². The second-order valence-electron chi connectivity index (χ2n) is 14.8. The van der Waals surface area contributed by atoms with Gasteiger partial charge in [-0.2, -0.15) is 10.2 Å². The third kappa shape index (κ3) is 6.45. The van der Waals surface area contributed by atoms with Crippen LogP contribution in [0.25, 0.3) is 10.8 Å². The van der Waals surface area contributed by atoms with Crippen LogP contribution in [-0.2, 0) is 24.1 Å². The van der Waals surface area contributed by atoms with Gasteiger partial charge in [0.25, 0.3) is 0 Å². The maximum absolute atomic E-state index is 13.2. The van der Waals surface area contributed by atoms with E-state index in [-0.39, 0.29) is 18.2 Å². The molecule has 9 heteroatoms. The summed E-state index contributed by atoms with van der Waals surface area (Å²) in [5.41, 5.74) is 4.48. The fourth-order valence-electron chi connectivity index (χ4n) is 8.19. The predicted octanol–water partition coefficient (Wildman–Crippen LogP) is 6.31. The summed E-state index contributed by atoms with van der Waals surface area (Å²) in [6.45, 7) is 10.7. The monoisotopic (exact) mass is 636 g/mol. The molecule has 4 aliphatic heterocycles. The molecule has 5 heterocycles. The highest BCUT2D eigenvalue weighted by molar-refractivity contribution is 5.97. The molecular weight excluding hydrogens is 588 g/mol. The molecule has 2 aromatic carbocycles. The molecule has 9 nitrogen and oxygen atoms in total. The second kappa shape index (κ2) is 12.9. The Bertz CT molecular complexity index is 1660. The van der Waals surface area contributed by atoms with Crippen LogP contribution in [0.4, 0.5) is 16.3 Å². The number of carbonyl (C=O) groups is 1. The lowest BCUT2D eigenvalue weighted by Gasteiger charge is -2.43. The number of nitrogens with zero attached hydrogens (tertiary/aromatic N) is 6. The van der Waals surface area contributed by atoms with Crippen molar-refractivity contribution in [1.82, 2.24) is 14.8 Å². The van der Waals surface area contributed by atoms with Crippen LogP contribution in [0.2, 0.25) is 0 Å². The lowest BCUT2D eigenvalue weighted by atomic mass is 9.95. The van der Waals surface area contributed by atoms with E-state index < -0.39 is 5.60 Å². The van der Waals surface area contributed by atoms with Crippen molar-refractivity contribution in [2.75, 3.05) is 49.6 Å². The number of rotatable bonds is 7. The number of hydrogen-bond acceptors (Lipinski definition) is 8. The Morgan fingerprint density at radius 1 is 1.04 bits per heavy atom. The number of likely N-dealkylation sites (tertiary alicyclic amines) is 1. The minimum absolute atomic E-state index is 0.111. The Labute approximate surface area is 279 Å². The zero-order valence-corrected chi connectivity index (χ0v) is 28.4. The van der Waals surface area contributed by atoms with Crippen molar-refractivity contribution in [3.63, 3.8) is 0 Å². The van der Waals surface area contributed by atoms with Gasteiger partial charge in [-0.1, -0.05) is 30.3 Å². The van der Waals surface area contributed by atoms with Crippen LogP contribution in [0.5, 0.6) is 5.88 Å². The molecule has 2 bridgehead atoms. The number of anilines is 2. The van der Waals surface area contributed by atoms with Crippen molar-refractivity contribution >= 4 is 28.4 Å². The molecule has 0 aliphatic carbocycles. The highest BCUT2D eigenvalue weighted by Gasteiger charge is 2.45. The summed E-state index contributed by atoms with van der Waals surface area (Å²) in [5, 5.41) is 11.8. The second-order valence-corrected chi connectivity index (χ2v) is 14.8. The maximum Gasteiger partial charge on any atom is 0.410 e. The van der Waals surface area contributed by atoms with Crippen molar-refractivity contribution < 1.29 is 14.3 Å². The Hall–Kier alpha value is -4.03. The molecule has 3 saturated heterocycles. The number of piperazine rings is 1. The highest BCUT2D eigenvalue weighted by atomic mass is 16.6. The smallest absolute Gasteiger partial charge is 0.410 e. The summed E-state index contributed by atoms with van der Waals surface area (Å²) in [6.07, 6.45) is 6.24. The van der Waals surface area contributed by atoms with Crippen molar-refractivity contribution in [1.29, 1.82) is 5.26 Å². The van der Waals surface area contributed by atoms with E-state index in [0.717, 1.165) is 70.6 Å². The van der Waals surface area contributed by atoms with Crippen LogP contribution in [0.3, 0.4) is 0 Å². The standard InChI is InChI=1S/C38H48N6O3/c1-38(2,3)47-37(45)44-29-15-16-30(44)24-43(23-29)36-32-17-20-42(22-28(32)21-34(40-36)46-25-31-13-8-19-41(31)4)33-14-6-11-26-9-5-10-27(35(26)33)12-7-18-39/h5-6,9-11,14,21,29-31H,7-8,12-13,15-17,19-20,22-25H2,1-4H3/t29?,30?,31-/m0/s1. The number of nitriles is 1. The Kier molecular flexibility index (Phi) is 8.65. The summed E-state index contributed by atoms with van der Waals surface area (Å²) < 4.78 is 12.3. The largest absolute Gasteiger partial charge is 0.476 e. The number of benzene rings is 2. The Morgan fingerprint density at radius 3 is 2.51 bits per heavy atom. The summed E-state index contributed by atoms with van der Waals surface area (Å²) >= 11 is 0. The first-order valence-electron chi connectivity index (χ1n) is 17.4. The molecule has 0 radical (unpaired) electrons. The van der Waals surface area contributed by atoms with Crippen LogP contribution in [0, 0.1) is 11.3 Å².